The number of hydrogen-bond donors (Lipinski definition) is 0. The zero-order valence-corrected chi connectivity index (χ0v) is 10.6. The van der Waals surface area contributed by atoms with E-state index in [1.54, 1.807) is 17.5 Å². The number of Topliss-reactive ketones (excluding diaryl/α,β-unsaturated/α-hetero) is 1. The van der Waals surface area contributed by atoms with E-state index in [2.05, 4.69) is 26.0 Å². The Bertz CT molecular complexity index is 565. The number of carbonyl (C=O) groups is 1. The van der Waals surface area contributed by atoms with Gasteiger partial charge in [0, 0.05) is 21.0 Å². The summed E-state index contributed by atoms with van der Waals surface area (Å²) in [6, 6.07) is 3.45. The lowest BCUT2D eigenvalue weighted by molar-refractivity contribution is -0.394. The lowest BCUT2D eigenvalue weighted by Crippen LogP contribution is -2.11. The monoisotopic (exact) mass is 316 g/mol. The smallest absolute Gasteiger partial charge is 0.390 e. The van der Waals surface area contributed by atoms with Crippen molar-refractivity contribution in [2.24, 2.45) is 0 Å². The molecule has 0 spiro atoms. The number of halogens is 1. The SMILES string of the molecule is O=C(Cn1nc([N+](=O)[O-])nc1Br)c1cccs1. The van der Waals surface area contributed by atoms with Crippen LogP contribution in [-0.2, 0) is 6.54 Å². The number of nitro groups is 1. The Labute approximate surface area is 107 Å². The minimum Gasteiger partial charge on any atom is -0.390 e. The molecule has 0 radical (unpaired) electrons. The maximum absolute atomic E-state index is 11.7. The van der Waals surface area contributed by atoms with Crippen LogP contribution in [0.4, 0.5) is 5.95 Å². The van der Waals surface area contributed by atoms with Gasteiger partial charge in [0.2, 0.25) is 0 Å². The number of carbonyl (C=O) groups excluding carboxylic acids is 1. The van der Waals surface area contributed by atoms with Gasteiger partial charge in [-0.3, -0.25) is 4.79 Å². The summed E-state index contributed by atoms with van der Waals surface area (Å²) in [5.74, 6) is -0.698. The van der Waals surface area contributed by atoms with Crippen molar-refractivity contribution in [3.8, 4) is 0 Å². The standard InChI is InChI=1S/C8H5BrN4O3S/c9-7-10-8(13(15)16)11-12(7)4-5(14)6-2-1-3-17-6/h1-3H,4H2. The highest BCUT2D eigenvalue weighted by Crippen LogP contribution is 2.15. The van der Waals surface area contributed by atoms with Gasteiger partial charge in [0.1, 0.15) is 6.54 Å². The first-order chi connectivity index (χ1) is 8.08. The van der Waals surface area contributed by atoms with Crippen molar-refractivity contribution in [1.82, 2.24) is 14.8 Å². The summed E-state index contributed by atoms with van der Waals surface area (Å²) in [4.78, 5) is 25.6. The minimum absolute atomic E-state index is 0.0814. The highest BCUT2D eigenvalue weighted by atomic mass is 79.9. The van der Waals surface area contributed by atoms with Crippen molar-refractivity contribution >= 4 is 39.0 Å². The molecule has 0 aliphatic carbocycles. The third-order valence-electron chi connectivity index (χ3n) is 1.87. The van der Waals surface area contributed by atoms with Crippen LogP contribution in [0.1, 0.15) is 9.67 Å². The summed E-state index contributed by atoms with van der Waals surface area (Å²) in [5, 5.41) is 15.8. The first-order valence-electron chi connectivity index (χ1n) is 4.39. The van der Waals surface area contributed by atoms with Gasteiger partial charge in [-0.1, -0.05) is 6.07 Å². The van der Waals surface area contributed by atoms with Gasteiger partial charge in [0.25, 0.3) is 4.73 Å². The van der Waals surface area contributed by atoms with Gasteiger partial charge in [-0.05, 0) is 21.4 Å². The first kappa shape index (κ1) is 11.9. The van der Waals surface area contributed by atoms with Crippen LogP contribution in [0.5, 0.6) is 0 Å². The Balaban J connectivity index is 2.19. The molecule has 2 heterocycles. The average molecular weight is 317 g/mol. The van der Waals surface area contributed by atoms with E-state index >= 15 is 0 Å². The van der Waals surface area contributed by atoms with E-state index in [1.165, 1.54) is 11.3 Å². The summed E-state index contributed by atoms with van der Waals surface area (Å²) in [7, 11) is 0. The summed E-state index contributed by atoms with van der Waals surface area (Å²) >= 11 is 4.32. The van der Waals surface area contributed by atoms with Crippen LogP contribution in [0, 0.1) is 10.1 Å². The van der Waals surface area contributed by atoms with Crippen LogP contribution in [0.2, 0.25) is 0 Å². The van der Waals surface area contributed by atoms with E-state index in [0.717, 1.165) is 4.68 Å². The largest absolute Gasteiger partial charge is 0.492 e. The number of hydrogen-bond acceptors (Lipinski definition) is 6. The summed E-state index contributed by atoms with van der Waals surface area (Å²) < 4.78 is 1.31. The van der Waals surface area contributed by atoms with Crippen LogP contribution in [0.15, 0.2) is 22.2 Å². The van der Waals surface area contributed by atoms with Crippen LogP contribution >= 0.6 is 27.3 Å². The van der Waals surface area contributed by atoms with Crippen LogP contribution in [-0.4, -0.2) is 25.5 Å². The zero-order valence-electron chi connectivity index (χ0n) is 8.24. The van der Waals surface area contributed by atoms with Gasteiger partial charge >= 0.3 is 5.95 Å². The minimum atomic E-state index is -0.711. The van der Waals surface area contributed by atoms with E-state index in [1.807, 2.05) is 0 Å². The van der Waals surface area contributed by atoms with Gasteiger partial charge in [0.05, 0.1) is 4.88 Å². The Hall–Kier alpha value is -1.61. The maximum atomic E-state index is 11.7. The second kappa shape index (κ2) is 4.72. The Morgan fingerprint density at radius 2 is 2.41 bits per heavy atom. The molecule has 0 N–H and O–H groups in total. The van der Waals surface area contributed by atoms with Crippen molar-refractivity contribution in [2.75, 3.05) is 0 Å². The maximum Gasteiger partial charge on any atom is 0.492 e. The molecule has 0 fully saturated rings. The lowest BCUT2D eigenvalue weighted by atomic mass is 10.3. The second-order valence-corrected chi connectivity index (χ2v) is 4.65. The Morgan fingerprint density at radius 1 is 1.65 bits per heavy atom. The molecule has 2 rings (SSSR count). The highest BCUT2D eigenvalue weighted by Gasteiger charge is 2.21. The molecule has 9 heteroatoms. The van der Waals surface area contributed by atoms with Gasteiger partial charge in [-0.25, -0.2) is 0 Å². The predicted octanol–water partition coefficient (Wildman–Crippen LogP) is 1.89. The van der Waals surface area contributed by atoms with Crippen molar-refractivity contribution in [3.05, 3.63) is 37.2 Å². The zero-order chi connectivity index (χ0) is 12.4. The van der Waals surface area contributed by atoms with Crippen molar-refractivity contribution < 1.29 is 9.72 Å². The van der Waals surface area contributed by atoms with Gasteiger partial charge in [-0.15, -0.1) is 11.3 Å². The molecular formula is C8H5BrN4O3S. The first-order valence-corrected chi connectivity index (χ1v) is 6.06. The molecule has 88 valence electrons. The highest BCUT2D eigenvalue weighted by molar-refractivity contribution is 9.10. The molecule has 2 aromatic heterocycles. The molecule has 0 aromatic carbocycles. The van der Waals surface area contributed by atoms with Crippen molar-refractivity contribution in [3.63, 3.8) is 0 Å². The van der Waals surface area contributed by atoms with Crippen LogP contribution in [0.3, 0.4) is 0 Å². The van der Waals surface area contributed by atoms with E-state index in [9.17, 15) is 14.9 Å². The number of ketones is 1. The fourth-order valence-electron chi connectivity index (χ4n) is 1.14. The molecule has 0 saturated carbocycles. The number of aromatic nitrogens is 3. The van der Waals surface area contributed by atoms with Gasteiger partial charge < -0.3 is 10.1 Å². The molecule has 0 aliphatic rings. The quantitative estimate of drug-likeness (QED) is 0.488. The van der Waals surface area contributed by atoms with Gasteiger partial charge in [0.15, 0.2) is 5.78 Å². The molecule has 0 unspecified atom stereocenters. The van der Waals surface area contributed by atoms with Crippen LogP contribution in [0.25, 0.3) is 0 Å². The third kappa shape index (κ3) is 2.56. The fraction of sp³-hybridized carbons (Fsp3) is 0.125. The van der Waals surface area contributed by atoms with Gasteiger partial charge in [-0.2, -0.15) is 4.68 Å². The summed E-state index contributed by atoms with van der Waals surface area (Å²) in [6.07, 6.45) is 0. The number of nitrogens with zero attached hydrogens (tertiary/aromatic N) is 4. The third-order valence-corrected chi connectivity index (χ3v) is 3.37. The second-order valence-electron chi connectivity index (χ2n) is 3.00. The van der Waals surface area contributed by atoms with E-state index in [4.69, 9.17) is 0 Å². The molecule has 0 amide bonds. The average Bonchev–Trinajstić information content (AvgIpc) is 2.88. The molecule has 0 saturated heterocycles. The number of thiophene rings is 1. The van der Waals surface area contributed by atoms with E-state index in [0.29, 0.717) is 4.88 Å². The van der Waals surface area contributed by atoms with Crippen molar-refractivity contribution in [1.29, 1.82) is 0 Å². The predicted molar refractivity (Wildman–Crippen MR) is 63.0 cm³/mol. The molecule has 2 aromatic rings. The normalized spacial score (nSPS) is 10.4. The fourth-order valence-corrected chi connectivity index (χ4v) is 2.16. The molecular weight excluding hydrogens is 312 g/mol. The van der Waals surface area contributed by atoms with E-state index in [-0.39, 0.29) is 17.1 Å². The van der Waals surface area contributed by atoms with Crippen LogP contribution < -0.4 is 0 Å². The molecule has 0 aliphatic heterocycles. The molecule has 7 nitrogen and oxygen atoms in total. The number of rotatable bonds is 4. The van der Waals surface area contributed by atoms with E-state index < -0.39 is 10.9 Å². The Morgan fingerprint density at radius 3 is 2.94 bits per heavy atom. The summed E-state index contributed by atoms with van der Waals surface area (Å²) in [6.45, 7) is -0.0814. The molecule has 0 atom stereocenters. The lowest BCUT2D eigenvalue weighted by Gasteiger charge is -1.94. The molecule has 0 bridgehead atoms. The summed E-state index contributed by atoms with van der Waals surface area (Å²) in [5.41, 5.74) is 0. The topological polar surface area (TPSA) is 90.9 Å². The van der Waals surface area contributed by atoms with Crippen molar-refractivity contribution in [2.45, 2.75) is 6.54 Å². The molecule has 17 heavy (non-hydrogen) atoms. The Kier molecular flexibility index (Phi) is 3.29.